The van der Waals surface area contributed by atoms with E-state index in [0.717, 1.165) is 44.6 Å². The molecule has 3 N–H and O–H groups in total. The summed E-state index contributed by atoms with van der Waals surface area (Å²) in [4.78, 5) is 14.4. The highest BCUT2D eigenvalue weighted by Crippen LogP contribution is 2.14. The van der Waals surface area contributed by atoms with E-state index >= 15 is 0 Å². The molecule has 2 aliphatic rings. The second kappa shape index (κ2) is 8.58. The van der Waals surface area contributed by atoms with Crippen molar-refractivity contribution < 1.29 is 14.6 Å². The predicted molar refractivity (Wildman–Crippen MR) is 91.4 cm³/mol. The molecular weight excluding hydrogens is 306 g/mol. The van der Waals surface area contributed by atoms with Crippen LogP contribution in [0.25, 0.3) is 0 Å². The Morgan fingerprint density at radius 1 is 1.25 bits per heavy atom. The third-order valence-corrected chi connectivity index (χ3v) is 4.69. The van der Waals surface area contributed by atoms with Gasteiger partial charge in [0.25, 0.3) is 0 Å². The minimum absolute atomic E-state index is 0.00866. The number of nitrogens with one attached hydrogen (secondary N) is 2. The zero-order valence-corrected chi connectivity index (χ0v) is 14.0. The summed E-state index contributed by atoms with van der Waals surface area (Å²) in [5.41, 5.74) is 2.36. The fourth-order valence-corrected chi connectivity index (χ4v) is 3.14. The van der Waals surface area contributed by atoms with Crippen LogP contribution in [-0.4, -0.2) is 60.9 Å². The molecule has 1 unspecified atom stereocenters. The van der Waals surface area contributed by atoms with E-state index in [2.05, 4.69) is 39.8 Å². The van der Waals surface area contributed by atoms with Gasteiger partial charge in [-0.3, -0.25) is 9.69 Å². The summed E-state index contributed by atoms with van der Waals surface area (Å²) in [6.07, 6.45) is 1.60. The number of aliphatic hydroxyl groups is 1. The maximum atomic E-state index is 12.0. The van der Waals surface area contributed by atoms with Crippen molar-refractivity contribution in [2.75, 3.05) is 32.8 Å². The zero-order chi connectivity index (χ0) is 16.8. The maximum absolute atomic E-state index is 12.0. The Morgan fingerprint density at radius 3 is 2.62 bits per heavy atom. The van der Waals surface area contributed by atoms with Crippen molar-refractivity contribution in [2.24, 2.45) is 0 Å². The normalized spacial score (nSPS) is 23.1. The molecule has 1 aromatic carbocycles. The van der Waals surface area contributed by atoms with Gasteiger partial charge in [0.1, 0.15) is 6.04 Å². The fourth-order valence-electron chi connectivity index (χ4n) is 3.14. The number of benzene rings is 1. The van der Waals surface area contributed by atoms with Crippen molar-refractivity contribution in [2.45, 2.75) is 38.1 Å². The molecule has 0 bridgehead atoms. The Bertz CT molecular complexity index is 521. The number of aliphatic hydroxyl groups excluding tert-OH is 1. The van der Waals surface area contributed by atoms with E-state index in [1.54, 1.807) is 0 Å². The van der Waals surface area contributed by atoms with Crippen LogP contribution in [0.2, 0.25) is 0 Å². The SMILES string of the molecule is O=C(NCc1ccc(CN2CCC(O)CC2)cc1)C1COCCN1. The fraction of sp³-hybridized carbons (Fsp3) is 0.611. The van der Waals surface area contributed by atoms with Crippen molar-refractivity contribution in [3.63, 3.8) is 0 Å². The Labute approximate surface area is 143 Å². The molecule has 0 aromatic heterocycles. The van der Waals surface area contributed by atoms with Crippen LogP contribution >= 0.6 is 0 Å². The van der Waals surface area contributed by atoms with E-state index < -0.39 is 0 Å². The van der Waals surface area contributed by atoms with Crippen LogP contribution < -0.4 is 10.6 Å². The first kappa shape index (κ1) is 17.4. The third kappa shape index (κ3) is 5.01. The van der Waals surface area contributed by atoms with Crippen LogP contribution in [0.15, 0.2) is 24.3 Å². The van der Waals surface area contributed by atoms with E-state index in [0.29, 0.717) is 19.8 Å². The van der Waals surface area contributed by atoms with Gasteiger partial charge < -0.3 is 20.5 Å². The molecule has 2 heterocycles. The molecule has 6 heteroatoms. The number of nitrogens with zero attached hydrogens (tertiary/aromatic N) is 1. The third-order valence-electron chi connectivity index (χ3n) is 4.69. The lowest BCUT2D eigenvalue weighted by molar-refractivity contribution is -0.126. The summed E-state index contributed by atoms with van der Waals surface area (Å²) in [5.74, 6) is -0.00866. The lowest BCUT2D eigenvalue weighted by atomic mass is 10.1. The van der Waals surface area contributed by atoms with Gasteiger partial charge in [-0.1, -0.05) is 24.3 Å². The number of rotatable bonds is 5. The lowest BCUT2D eigenvalue weighted by Crippen LogP contribution is -2.51. The van der Waals surface area contributed by atoms with Gasteiger partial charge in [-0.25, -0.2) is 0 Å². The van der Waals surface area contributed by atoms with Crippen molar-refractivity contribution in [3.05, 3.63) is 35.4 Å². The number of carbonyl (C=O) groups excluding carboxylic acids is 1. The number of hydrogen-bond donors (Lipinski definition) is 3. The summed E-state index contributed by atoms with van der Waals surface area (Å²) in [6.45, 7) is 5.19. The Balaban J connectivity index is 1.43. The van der Waals surface area contributed by atoms with E-state index in [9.17, 15) is 9.90 Å². The Kier molecular flexibility index (Phi) is 6.20. The summed E-state index contributed by atoms with van der Waals surface area (Å²) in [6, 6.07) is 8.13. The molecule has 3 rings (SSSR count). The first-order valence-corrected chi connectivity index (χ1v) is 8.78. The molecular formula is C18H27N3O3. The van der Waals surface area contributed by atoms with Gasteiger partial charge in [-0.15, -0.1) is 0 Å². The van der Waals surface area contributed by atoms with Crippen LogP contribution in [0.3, 0.4) is 0 Å². The van der Waals surface area contributed by atoms with Gasteiger partial charge in [0.2, 0.25) is 5.91 Å². The monoisotopic (exact) mass is 333 g/mol. The molecule has 1 atom stereocenters. The quantitative estimate of drug-likeness (QED) is 0.720. The van der Waals surface area contributed by atoms with Gasteiger partial charge in [0, 0.05) is 32.7 Å². The molecule has 1 amide bonds. The molecule has 2 saturated heterocycles. The first-order valence-electron chi connectivity index (χ1n) is 8.78. The predicted octanol–water partition coefficient (Wildman–Crippen LogP) is 0.248. The summed E-state index contributed by atoms with van der Waals surface area (Å²) in [7, 11) is 0. The molecule has 6 nitrogen and oxygen atoms in total. The van der Waals surface area contributed by atoms with Gasteiger partial charge in [0.05, 0.1) is 19.3 Å². The number of hydrogen-bond acceptors (Lipinski definition) is 5. The number of amides is 1. The van der Waals surface area contributed by atoms with Gasteiger partial charge >= 0.3 is 0 Å². The molecule has 1 aromatic rings. The lowest BCUT2D eigenvalue weighted by Gasteiger charge is -2.29. The van der Waals surface area contributed by atoms with Crippen LogP contribution in [0.5, 0.6) is 0 Å². The summed E-state index contributed by atoms with van der Waals surface area (Å²) < 4.78 is 5.31. The zero-order valence-electron chi connectivity index (χ0n) is 14.0. The van der Waals surface area contributed by atoms with Gasteiger partial charge in [-0.2, -0.15) is 0 Å². The highest BCUT2D eigenvalue weighted by Gasteiger charge is 2.20. The van der Waals surface area contributed by atoms with E-state index in [-0.39, 0.29) is 18.1 Å². The number of ether oxygens (including phenoxy) is 1. The van der Waals surface area contributed by atoms with Crippen LogP contribution in [0, 0.1) is 0 Å². The van der Waals surface area contributed by atoms with Crippen LogP contribution in [-0.2, 0) is 22.6 Å². The molecule has 0 radical (unpaired) electrons. The second-order valence-corrected chi connectivity index (χ2v) is 6.62. The molecule has 0 spiro atoms. The molecule has 2 fully saturated rings. The van der Waals surface area contributed by atoms with Crippen molar-refractivity contribution in [1.82, 2.24) is 15.5 Å². The Morgan fingerprint density at radius 2 is 1.96 bits per heavy atom. The molecule has 0 aliphatic carbocycles. The minimum Gasteiger partial charge on any atom is -0.393 e. The average Bonchev–Trinajstić information content (AvgIpc) is 2.63. The summed E-state index contributed by atoms with van der Waals surface area (Å²) >= 11 is 0. The first-order chi connectivity index (χ1) is 11.7. The van der Waals surface area contributed by atoms with Gasteiger partial charge in [0.15, 0.2) is 0 Å². The standard InChI is InChI=1S/C18H27N3O3/c22-16-5-8-21(9-6-16)12-15-3-1-14(2-4-15)11-20-18(23)17-13-24-10-7-19-17/h1-4,16-17,19,22H,5-13H2,(H,20,23). The van der Waals surface area contributed by atoms with Crippen molar-refractivity contribution in [3.8, 4) is 0 Å². The highest BCUT2D eigenvalue weighted by molar-refractivity contribution is 5.81. The topological polar surface area (TPSA) is 73.8 Å². The van der Waals surface area contributed by atoms with Crippen molar-refractivity contribution >= 4 is 5.91 Å². The van der Waals surface area contributed by atoms with Gasteiger partial charge in [-0.05, 0) is 24.0 Å². The molecule has 24 heavy (non-hydrogen) atoms. The maximum Gasteiger partial charge on any atom is 0.239 e. The summed E-state index contributed by atoms with van der Waals surface area (Å²) in [5, 5.41) is 15.7. The Hall–Kier alpha value is -1.47. The average molecular weight is 333 g/mol. The molecule has 2 aliphatic heterocycles. The smallest absolute Gasteiger partial charge is 0.239 e. The van der Waals surface area contributed by atoms with E-state index in [4.69, 9.17) is 4.74 Å². The van der Waals surface area contributed by atoms with Crippen LogP contribution in [0.4, 0.5) is 0 Å². The molecule has 0 saturated carbocycles. The number of likely N-dealkylation sites (tertiary alicyclic amines) is 1. The number of morpholine rings is 1. The minimum atomic E-state index is -0.243. The largest absolute Gasteiger partial charge is 0.393 e. The second-order valence-electron chi connectivity index (χ2n) is 6.62. The van der Waals surface area contributed by atoms with Crippen LogP contribution in [0.1, 0.15) is 24.0 Å². The number of carbonyl (C=O) groups is 1. The van der Waals surface area contributed by atoms with Crippen molar-refractivity contribution in [1.29, 1.82) is 0 Å². The highest BCUT2D eigenvalue weighted by atomic mass is 16.5. The molecule has 132 valence electrons. The van der Waals surface area contributed by atoms with E-state index in [1.807, 2.05) is 0 Å². The number of piperidine rings is 1. The van der Waals surface area contributed by atoms with E-state index in [1.165, 1.54) is 5.56 Å².